The summed E-state index contributed by atoms with van der Waals surface area (Å²) in [4.78, 5) is 16.0. The SMILES string of the molecule is Cc1cccc(C2(C(=O)Nc3ccc(OCCCN4CCC[C@H](C)C4)cc3)CCOCC2)c1. The number of aryl methyl sites for hydroxylation is 1. The Morgan fingerprint density at radius 2 is 1.97 bits per heavy atom. The molecule has 2 aliphatic rings. The van der Waals surface area contributed by atoms with Crippen molar-refractivity contribution < 1.29 is 14.3 Å². The molecular weight excluding hydrogens is 412 g/mol. The average molecular weight is 451 g/mol. The molecule has 178 valence electrons. The van der Waals surface area contributed by atoms with E-state index in [0.717, 1.165) is 35.9 Å². The fourth-order valence-corrected chi connectivity index (χ4v) is 5.16. The largest absolute Gasteiger partial charge is 0.494 e. The fraction of sp³-hybridized carbons (Fsp3) is 0.536. The Labute approximate surface area is 198 Å². The maximum absolute atomic E-state index is 13.5. The molecule has 2 aromatic carbocycles. The predicted molar refractivity (Wildman–Crippen MR) is 133 cm³/mol. The van der Waals surface area contributed by atoms with Gasteiger partial charge in [0.1, 0.15) is 5.75 Å². The highest BCUT2D eigenvalue weighted by atomic mass is 16.5. The van der Waals surface area contributed by atoms with Crippen molar-refractivity contribution in [3.63, 3.8) is 0 Å². The maximum Gasteiger partial charge on any atom is 0.235 e. The third-order valence-electron chi connectivity index (χ3n) is 7.09. The molecule has 1 atom stereocenters. The Morgan fingerprint density at radius 1 is 1.18 bits per heavy atom. The van der Waals surface area contributed by atoms with Crippen molar-refractivity contribution in [3.05, 3.63) is 59.7 Å². The van der Waals surface area contributed by atoms with Gasteiger partial charge in [0.05, 0.1) is 12.0 Å². The number of hydrogen-bond donors (Lipinski definition) is 1. The van der Waals surface area contributed by atoms with E-state index < -0.39 is 5.41 Å². The van der Waals surface area contributed by atoms with Gasteiger partial charge in [0.25, 0.3) is 0 Å². The minimum atomic E-state index is -0.550. The van der Waals surface area contributed by atoms with Gasteiger partial charge in [-0.1, -0.05) is 36.8 Å². The van der Waals surface area contributed by atoms with E-state index in [-0.39, 0.29) is 5.91 Å². The van der Waals surface area contributed by atoms with Crippen molar-refractivity contribution in [2.75, 3.05) is 44.8 Å². The molecule has 2 fully saturated rings. The van der Waals surface area contributed by atoms with Crippen LogP contribution in [0.3, 0.4) is 0 Å². The first-order valence-electron chi connectivity index (χ1n) is 12.5. The minimum Gasteiger partial charge on any atom is -0.494 e. The van der Waals surface area contributed by atoms with Gasteiger partial charge in [-0.3, -0.25) is 4.79 Å². The number of amides is 1. The monoisotopic (exact) mass is 450 g/mol. The standard InChI is InChI=1S/C28H38N2O3/c1-22-6-3-8-24(20-22)28(13-18-32-19-14-28)27(31)29-25-9-11-26(12-10-25)33-17-5-16-30-15-4-7-23(2)21-30/h3,6,8-12,20,23H,4-5,7,13-19,21H2,1-2H3,(H,29,31)/t23-/m0/s1. The Balaban J connectivity index is 1.31. The normalized spacial score (nSPS) is 20.8. The van der Waals surface area contributed by atoms with Crippen LogP contribution in [-0.2, 0) is 14.9 Å². The highest BCUT2D eigenvalue weighted by Gasteiger charge is 2.41. The summed E-state index contributed by atoms with van der Waals surface area (Å²) in [5.41, 5.74) is 2.49. The van der Waals surface area contributed by atoms with Gasteiger partial charge in [-0.2, -0.15) is 0 Å². The van der Waals surface area contributed by atoms with Crippen LogP contribution in [0, 0.1) is 12.8 Å². The van der Waals surface area contributed by atoms with Gasteiger partial charge < -0.3 is 19.7 Å². The van der Waals surface area contributed by atoms with Crippen molar-refractivity contribution >= 4 is 11.6 Å². The second-order valence-corrected chi connectivity index (χ2v) is 9.79. The summed E-state index contributed by atoms with van der Waals surface area (Å²) in [5.74, 6) is 1.70. The summed E-state index contributed by atoms with van der Waals surface area (Å²) in [5, 5.41) is 3.16. The zero-order valence-electron chi connectivity index (χ0n) is 20.1. The maximum atomic E-state index is 13.5. The Bertz CT molecular complexity index is 906. The van der Waals surface area contributed by atoms with Gasteiger partial charge in [-0.05, 0) is 81.3 Å². The summed E-state index contributed by atoms with van der Waals surface area (Å²) < 4.78 is 11.5. The molecule has 0 unspecified atom stereocenters. The van der Waals surface area contributed by atoms with Gasteiger partial charge in [0.15, 0.2) is 0 Å². The number of likely N-dealkylation sites (tertiary alicyclic amines) is 1. The van der Waals surface area contributed by atoms with E-state index in [4.69, 9.17) is 9.47 Å². The molecule has 1 amide bonds. The van der Waals surface area contributed by atoms with Crippen LogP contribution in [-0.4, -0.2) is 50.3 Å². The van der Waals surface area contributed by atoms with E-state index in [2.05, 4.69) is 42.3 Å². The lowest BCUT2D eigenvalue weighted by atomic mass is 9.73. The number of carbonyl (C=O) groups excluding carboxylic acids is 1. The summed E-state index contributed by atoms with van der Waals surface area (Å²) in [6.45, 7) is 9.86. The summed E-state index contributed by atoms with van der Waals surface area (Å²) in [6.07, 6.45) is 5.09. The van der Waals surface area contributed by atoms with Crippen LogP contribution in [0.5, 0.6) is 5.75 Å². The molecule has 2 aliphatic heterocycles. The molecule has 5 nitrogen and oxygen atoms in total. The van der Waals surface area contributed by atoms with Crippen LogP contribution >= 0.6 is 0 Å². The molecular formula is C28H38N2O3. The number of carbonyl (C=O) groups is 1. The molecule has 0 aliphatic carbocycles. The molecule has 1 N–H and O–H groups in total. The third-order valence-corrected chi connectivity index (χ3v) is 7.09. The molecule has 0 saturated carbocycles. The van der Waals surface area contributed by atoms with E-state index in [1.165, 1.54) is 31.5 Å². The van der Waals surface area contributed by atoms with Crippen LogP contribution in [0.1, 0.15) is 50.2 Å². The smallest absolute Gasteiger partial charge is 0.235 e. The van der Waals surface area contributed by atoms with Gasteiger partial charge >= 0.3 is 0 Å². The Kier molecular flexibility index (Phi) is 8.05. The number of ether oxygens (including phenoxy) is 2. The molecule has 2 heterocycles. The zero-order chi connectivity index (χ0) is 23.1. The van der Waals surface area contributed by atoms with Crippen LogP contribution in [0.25, 0.3) is 0 Å². The fourth-order valence-electron chi connectivity index (χ4n) is 5.16. The van der Waals surface area contributed by atoms with E-state index in [1.807, 2.05) is 30.3 Å². The number of benzene rings is 2. The summed E-state index contributed by atoms with van der Waals surface area (Å²) in [7, 11) is 0. The molecule has 0 aromatic heterocycles. The van der Waals surface area contributed by atoms with Crippen molar-refractivity contribution in [1.29, 1.82) is 0 Å². The second-order valence-electron chi connectivity index (χ2n) is 9.79. The molecule has 2 aromatic rings. The zero-order valence-corrected chi connectivity index (χ0v) is 20.1. The van der Waals surface area contributed by atoms with Gasteiger partial charge in [0.2, 0.25) is 5.91 Å². The van der Waals surface area contributed by atoms with Gasteiger partial charge in [-0.15, -0.1) is 0 Å². The summed E-state index contributed by atoms with van der Waals surface area (Å²) in [6, 6.07) is 16.1. The van der Waals surface area contributed by atoms with Crippen LogP contribution in [0.2, 0.25) is 0 Å². The Morgan fingerprint density at radius 3 is 2.70 bits per heavy atom. The quantitative estimate of drug-likeness (QED) is 0.563. The predicted octanol–water partition coefficient (Wildman–Crippen LogP) is 5.18. The molecule has 4 rings (SSSR count). The minimum absolute atomic E-state index is 0.0424. The van der Waals surface area contributed by atoms with Crippen LogP contribution in [0.4, 0.5) is 5.69 Å². The first kappa shape index (κ1) is 23.8. The van der Waals surface area contributed by atoms with Crippen molar-refractivity contribution in [2.45, 2.75) is 51.4 Å². The van der Waals surface area contributed by atoms with Crippen molar-refractivity contribution in [1.82, 2.24) is 4.90 Å². The number of hydrogen-bond acceptors (Lipinski definition) is 4. The van der Waals surface area contributed by atoms with E-state index in [1.54, 1.807) is 0 Å². The average Bonchev–Trinajstić information content (AvgIpc) is 2.83. The van der Waals surface area contributed by atoms with Gasteiger partial charge in [0, 0.05) is 32.0 Å². The highest BCUT2D eigenvalue weighted by Crippen LogP contribution is 2.36. The Hall–Kier alpha value is -2.37. The molecule has 0 bridgehead atoms. The van der Waals surface area contributed by atoms with Crippen LogP contribution < -0.4 is 10.1 Å². The molecule has 33 heavy (non-hydrogen) atoms. The lowest BCUT2D eigenvalue weighted by Crippen LogP contribution is -2.44. The number of rotatable bonds is 8. The molecule has 5 heteroatoms. The lowest BCUT2D eigenvalue weighted by molar-refractivity contribution is -0.125. The third kappa shape index (κ3) is 6.15. The van der Waals surface area contributed by atoms with Gasteiger partial charge in [-0.25, -0.2) is 0 Å². The molecule has 2 saturated heterocycles. The summed E-state index contributed by atoms with van der Waals surface area (Å²) >= 11 is 0. The first-order chi connectivity index (χ1) is 16.0. The van der Waals surface area contributed by atoms with E-state index in [0.29, 0.717) is 32.7 Å². The lowest BCUT2D eigenvalue weighted by Gasteiger charge is -2.36. The number of anilines is 1. The topological polar surface area (TPSA) is 50.8 Å². The van der Waals surface area contributed by atoms with E-state index >= 15 is 0 Å². The molecule has 0 radical (unpaired) electrons. The first-order valence-corrected chi connectivity index (χ1v) is 12.5. The van der Waals surface area contributed by atoms with Crippen molar-refractivity contribution in [2.24, 2.45) is 5.92 Å². The van der Waals surface area contributed by atoms with Crippen LogP contribution in [0.15, 0.2) is 48.5 Å². The van der Waals surface area contributed by atoms with E-state index in [9.17, 15) is 4.79 Å². The number of nitrogens with one attached hydrogen (secondary N) is 1. The van der Waals surface area contributed by atoms with Crippen molar-refractivity contribution in [3.8, 4) is 5.75 Å². The number of nitrogens with zero attached hydrogens (tertiary/aromatic N) is 1. The molecule has 0 spiro atoms. The number of piperidine rings is 1. The highest BCUT2D eigenvalue weighted by molar-refractivity contribution is 5.99. The second kappa shape index (κ2) is 11.2.